The van der Waals surface area contributed by atoms with Gasteiger partial charge in [0.1, 0.15) is 5.75 Å². The van der Waals surface area contributed by atoms with Gasteiger partial charge in [-0.1, -0.05) is 19.1 Å². The summed E-state index contributed by atoms with van der Waals surface area (Å²) >= 11 is 0. The van der Waals surface area contributed by atoms with Gasteiger partial charge < -0.3 is 9.47 Å². The Labute approximate surface area is 195 Å². The normalized spacial score (nSPS) is 14.6. The van der Waals surface area contributed by atoms with Crippen molar-refractivity contribution in [3.63, 3.8) is 0 Å². The molecule has 0 spiro atoms. The molecule has 0 bridgehead atoms. The molecule has 16 heteroatoms. The van der Waals surface area contributed by atoms with Crippen LogP contribution in [0.1, 0.15) is 32.8 Å². The van der Waals surface area contributed by atoms with Gasteiger partial charge in [-0.05, 0) is 38.0 Å². The van der Waals surface area contributed by atoms with Gasteiger partial charge in [0.05, 0.1) is 12.0 Å². The monoisotopic (exact) mass is 554 g/mol. The summed E-state index contributed by atoms with van der Waals surface area (Å²) in [6.07, 6.45) is -13.8. The van der Waals surface area contributed by atoms with Crippen LogP contribution >= 0.6 is 0 Å². The van der Waals surface area contributed by atoms with Crippen molar-refractivity contribution in [2.75, 3.05) is 6.61 Å². The zero-order chi connectivity index (χ0) is 28.6. The van der Waals surface area contributed by atoms with E-state index in [-0.39, 0.29) is 18.6 Å². The Bertz CT molecular complexity index is 906. The third kappa shape index (κ3) is 5.61. The van der Waals surface area contributed by atoms with Crippen LogP contribution in [0.5, 0.6) is 5.75 Å². The maximum absolute atomic E-state index is 13.8. The topological polar surface area (TPSA) is 35.5 Å². The van der Waals surface area contributed by atoms with Crippen LogP contribution in [0.2, 0.25) is 0 Å². The summed E-state index contributed by atoms with van der Waals surface area (Å²) in [6, 6.07) is 2.73. The lowest BCUT2D eigenvalue weighted by atomic mass is 9.91. The quantitative estimate of drug-likeness (QED) is 0.213. The molecule has 0 unspecified atom stereocenters. The molecular weight excluding hydrogens is 535 g/mol. The number of rotatable bonds is 11. The van der Waals surface area contributed by atoms with Gasteiger partial charge in [-0.3, -0.25) is 4.79 Å². The summed E-state index contributed by atoms with van der Waals surface area (Å²) in [5, 5.41) is 0. The van der Waals surface area contributed by atoms with Gasteiger partial charge in [-0.25, -0.2) is 0 Å². The molecule has 0 aliphatic rings. The molecule has 0 heterocycles. The molecule has 36 heavy (non-hydrogen) atoms. The Hall–Kier alpha value is -2.42. The second-order valence-corrected chi connectivity index (χ2v) is 8.18. The summed E-state index contributed by atoms with van der Waals surface area (Å²) < 4.78 is 179. The molecule has 0 aliphatic carbocycles. The molecule has 0 aromatic heterocycles. The van der Waals surface area contributed by atoms with Crippen molar-refractivity contribution in [1.82, 2.24) is 0 Å². The predicted molar refractivity (Wildman–Crippen MR) is 96.6 cm³/mol. The van der Waals surface area contributed by atoms with Crippen LogP contribution in [0.4, 0.5) is 57.1 Å². The van der Waals surface area contributed by atoms with Gasteiger partial charge in [-0.15, -0.1) is 0 Å². The van der Waals surface area contributed by atoms with E-state index < -0.39 is 53.1 Å². The number of hydrogen-bond acceptors (Lipinski definition) is 3. The number of alkyl halides is 13. The van der Waals surface area contributed by atoms with Crippen LogP contribution < -0.4 is 4.74 Å². The lowest BCUT2D eigenvalue weighted by molar-refractivity contribution is -0.456. The minimum atomic E-state index is -8.00. The number of carbonyl (C=O) groups excluding carboxylic acids is 1. The molecule has 1 aromatic carbocycles. The first kappa shape index (κ1) is 31.6. The summed E-state index contributed by atoms with van der Waals surface area (Å²) in [6.45, 7) is 4.70. The summed E-state index contributed by atoms with van der Waals surface area (Å²) in [7, 11) is 0. The predicted octanol–water partition coefficient (Wildman–Crippen LogP) is 7.28. The van der Waals surface area contributed by atoms with Crippen molar-refractivity contribution >= 4 is 5.97 Å². The Kier molecular flexibility index (Phi) is 8.61. The van der Waals surface area contributed by atoms with E-state index in [1.165, 1.54) is 0 Å². The first-order valence-corrected chi connectivity index (χ1v) is 9.80. The van der Waals surface area contributed by atoms with Crippen molar-refractivity contribution in [2.45, 2.75) is 69.6 Å². The maximum Gasteiger partial charge on any atom is 0.471 e. The molecule has 0 saturated heterocycles. The molecule has 1 aromatic rings. The minimum absolute atomic E-state index is 0.0464. The van der Waals surface area contributed by atoms with E-state index >= 15 is 0 Å². The second kappa shape index (κ2) is 9.80. The van der Waals surface area contributed by atoms with Crippen molar-refractivity contribution in [3.05, 3.63) is 29.8 Å². The molecule has 0 amide bonds. The number of carbonyl (C=O) groups is 1. The molecule has 0 radical (unpaired) electrons. The first-order valence-electron chi connectivity index (χ1n) is 9.80. The molecule has 0 fully saturated rings. The van der Waals surface area contributed by atoms with Crippen molar-refractivity contribution in [1.29, 1.82) is 0 Å². The first-order chi connectivity index (χ1) is 15.9. The van der Waals surface area contributed by atoms with Gasteiger partial charge >= 0.3 is 41.9 Å². The van der Waals surface area contributed by atoms with Crippen molar-refractivity contribution < 1.29 is 71.3 Å². The summed E-state index contributed by atoms with van der Waals surface area (Å²) in [4.78, 5) is 11.8. The van der Waals surface area contributed by atoms with Crippen LogP contribution in [0.25, 0.3) is 0 Å². The van der Waals surface area contributed by atoms with E-state index in [4.69, 9.17) is 4.74 Å². The lowest BCUT2D eigenvalue weighted by Gasteiger charge is -2.39. The Morgan fingerprint density at radius 2 is 1.17 bits per heavy atom. The molecule has 0 saturated carbocycles. The highest BCUT2D eigenvalue weighted by molar-refractivity contribution is 5.75. The Morgan fingerprint density at radius 3 is 1.58 bits per heavy atom. The average molecular weight is 554 g/mol. The summed E-state index contributed by atoms with van der Waals surface area (Å²) in [5.74, 6) is -33.2. The Morgan fingerprint density at radius 1 is 0.722 bits per heavy atom. The van der Waals surface area contributed by atoms with Gasteiger partial charge in [0.25, 0.3) is 0 Å². The largest absolute Gasteiger partial charge is 0.471 e. The number of halogens is 13. The van der Waals surface area contributed by atoms with Crippen LogP contribution in [-0.2, 0) is 16.0 Å². The molecule has 0 N–H and O–H groups in total. The standard InChI is InChI=1S/C20H19F13O3/c1-4-14(2,3)13(34)35-10-9-11-5-7-12(8-6-11)36-20(32,33)18(27,28)16(23,24)15(21,22)17(25,26)19(29,30)31/h5-8H,4,9-10H2,1-3H3. The fraction of sp³-hybridized carbons (Fsp3) is 0.650. The highest BCUT2D eigenvalue weighted by Crippen LogP contribution is 2.60. The van der Waals surface area contributed by atoms with E-state index in [0.717, 1.165) is 12.1 Å². The minimum Gasteiger partial charge on any atom is -0.465 e. The fourth-order valence-electron chi connectivity index (χ4n) is 2.29. The lowest BCUT2D eigenvalue weighted by Crippen LogP contribution is -2.70. The smallest absolute Gasteiger partial charge is 0.465 e. The number of ether oxygens (including phenoxy) is 2. The average Bonchev–Trinajstić information content (AvgIpc) is 2.73. The van der Waals surface area contributed by atoms with Gasteiger partial charge in [0, 0.05) is 6.42 Å². The van der Waals surface area contributed by atoms with Crippen LogP contribution in [0.3, 0.4) is 0 Å². The van der Waals surface area contributed by atoms with Crippen molar-refractivity contribution in [3.8, 4) is 5.75 Å². The van der Waals surface area contributed by atoms with E-state index in [9.17, 15) is 61.9 Å². The van der Waals surface area contributed by atoms with Crippen LogP contribution in [0.15, 0.2) is 24.3 Å². The number of esters is 1. The van der Waals surface area contributed by atoms with E-state index in [2.05, 4.69) is 4.74 Å². The second-order valence-electron chi connectivity index (χ2n) is 8.18. The Balaban J connectivity index is 3.05. The van der Waals surface area contributed by atoms with Gasteiger partial charge in [0.2, 0.25) is 0 Å². The molecular formula is C20H19F13O3. The van der Waals surface area contributed by atoms with E-state index in [1.54, 1.807) is 20.8 Å². The molecule has 0 atom stereocenters. The zero-order valence-electron chi connectivity index (χ0n) is 18.6. The van der Waals surface area contributed by atoms with E-state index in [1.807, 2.05) is 0 Å². The number of hydrogen-bond donors (Lipinski definition) is 0. The van der Waals surface area contributed by atoms with E-state index in [0.29, 0.717) is 18.6 Å². The third-order valence-corrected chi connectivity index (χ3v) is 5.13. The van der Waals surface area contributed by atoms with Crippen LogP contribution in [-0.4, -0.2) is 48.6 Å². The van der Waals surface area contributed by atoms with Gasteiger partial charge in [0.15, 0.2) is 0 Å². The van der Waals surface area contributed by atoms with Crippen molar-refractivity contribution in [2.24, 2.45) is 5.41 Å². The molecule has 0 aliphatic heterocycles. The number of benzene rings is 1. The summed E-state index contributed by atoms with van der Waals surface area (Å²) in [5.41, 5.74) is -0.599. The maximum atomic E-state index is 13.8. The molecule has 208 valence electrons. The molecule has 1 rings (SSSR count). The highest BCUT2D eigenvalue weighted by atomic mass is 19.4. The van der Waals surface area contributed by atoms with Crippen LogP contribution in [0, 0.1) is 5.41 Å². The zero-order valence-corrected chi connectivity index (χ0v) is 18.6. The van der Waals surface area contributed by atoms with Gasteiger partial charge in [-0.2, -0.15) is 57.1 Å². The highest BCUT2D eigenvalue weighted by Gasteiger charge is 2.91. The fourth-order valence-corrected chi connectivity index (χ4v) is 2.29. The third-order valence-electron chi connectivity index (χ3n) is 5.13. The molecule has 3 nitrogen and oxygen atoms in total. The SMILES string of the molecule is CCC(C)(C)C(=O)OCCc1ccc(OC(F)(F)C(F)(F)C(F)(F)C(F)(F)C(F)(F)C(F)(F)F)cc1.